The number of hydrogen-bond donors (Lipinski definition) is 2. The van der Waals surface area contributed by atoms with Crippen molar-refractivity contribution in [2.24, 2.45) is 0 Å². The van der Waals surface area contributed by atoms with Gasteiger partial charge in [0.25, 0.3) is 0 Å². The first-order valence-corrected chi connectivity index (χ1v) is 8.61. The average molecular weight is 347 g/mol. The molecule has 25 heavy (non-hydrogen) atoms. The number of fused-ring (bicyclic) bond motifs is 5. The van der Waals surface area contributed by atoms with Crippen LogP contribution in [0.4, 0.5) is 5.95 Å². The Kier molecular flexibility index (Phi) is 3.09. The Morgan fingerprint density at radius 1 is 0.920 bits per heavy atom. The molecule has 0 bridgehead atoms. The first-order chi connectivity index (χ1) is 12.2. The minimum absolute atomic E-state index is 0.294. The molecule has 0 unspecified atom stereocenters. The van der Waals surface area contributed by atoms with Gasteiger partial charge in [0.2, 0.25) is 5.95 Å². The Labute approximate surface area is 149 Å². The van der Waals surface area contributed by atoms with Gasteiger partial charge in [-0.1, -0.05) is 41.9 Å². The van der Waals surface area contributed by atoms with Crippen molar-refractivity contribution in [2.45, 2.75) is 12.8 Å². The van der Waals surface area contributed by atoms with Crippen molar-refractivity contribution < 1.29 is 0 Å². The lowest BCUT2D eigenvalue weighted by Gasteiger charge is -2.19. The van der Waals surface area contributed by atoms with Crippen LogP contribution in [0.1, 0.15) is 11.1 Å². The van der Waals surface area contributed by atoms with E-state index in [0.29, 0.717) is 5.95 Å². The number of nitrogens with one attached hydrogen (secondary N) is 1. The van der Waals surface area contributed by atoms with Gasteiger partial charge in [-0.3, -0.25) is 0 Å². The fourth-order valence-electron chi connectivity index (χ4n) is 3.71. The van der Waals surface area contributed by atoms with Crippen LogP contribution < -0.4 is 5.73 Å². The summed E-state index contributed by atoms with van der Waals surface area (Å²) < 4.78 is 0. The summed E-state index contributed by atoms with van der Waals surface area (Å²) in [5.41, 5.74) is 13.4. The second-order valence-corrected chi connectivity index (χ2v) is 6.73. The van der Waals surface area contributed by atoms with Crippen molar-refractivity contribution in [1.29, 1.82) is 0 Å². The van der Waals surface area contributed by atoms with E-state index in [9.17, 15) is 0 Å². The molecule has 0 saturated heterocycles. The van der Waals surface area contributed by atoms with Gasteiger partial charge < -0.3 is 10.7 Å². The molecule has 122 valence electrons. The van der Waals surface area contributed by atoms with Gasteiger partial charge in [0, 0.05) is 27.1 Å². The number of benzene rings is 2. The number of anilines is 1. The van der Waals surface area contributed by atoms with Crippen molar-refractivity contribution in [3.63, 3.8) is 0 Å². The Morgan fingerprint density at radius 2 is 1.68 bits per heavy atom. The SMILES string of the molecule is Nc1nc(-c2ccccc2)c2c(n1)-c1[nH]c3ccc(Cl)cc3c1CC2. The maximum Gasteiger partial charge on any atom is 0.221 e. The van der Waals surface area contributed by atoms with Gasteiger partial charge in [-0.15, -0.1) is 0 Å². The number of nitrogens with zero attached hydrogens (tertiary/aromatic N) is 2. The number of aromatic amines is 1. The number of halogens is 1. The molecular weight excluding hydrogens is 332 g/mol. The molecule has 5 rings (SSSR count). The van der Waals surface area contributed by atoms with Gasteiger partial charge in [-0.25, -0.2) is 9.97 Å². The van der Waals surface area contributed by atoms with Crippen LogP contribution in [0.5, 0.6) is 0 Å². The molecule has 1 aliphatic rings. The summed E-state index contributed by atoms with van der Waals surface area (Å²) in [6.07, 6.45) is 1.81. The number of aromatic nitrogens is 3. The van der Waals surface area contributed by atoms with Gasteiger partial charge in [-0.05, 0) is 36.6 Å². The minimum atomic E-state index is 0.294. The standard InChI is InChI=1S/C20H15ClN4/c21-12-6-9-16-15(10-12)13-7-8-14-17(11-4-2-1-3-5-11)24-20(22)25-19(14)18(13)23-16/h1-6,9-10,23H,7-8H2,(H2,22,24,25). The Balaban J connectivity index is 1.80. The topological polar surface area (TPSA) is 67.6 Å². The number of hydrogen-bond acceptors (Lipinski definition) is 3. The van der Waals surface area contributed by atoms with Crippen LogP contribution in [0.25, 0.3) is 33.5 Å². The second-order valence-electron chi connectivity index (χ2n) is 6.29. The van der Waals surface area contributed by atoms with Gasteiger partial charge >= 0.3 is 0 Å². The van der Waals surface area contributed by atoms with Crippen molar-refractivity contribution in [3.05, 3.63) is 64.7 Å². The first-order valence-electron chi connectivity index (χ1n) is 8.23. The predicted octanol–water partition coefficient (Wildman–Crippen LogP) is 4.63. The largest absolute Gasteiger partial charge is 0.368 e. The highest BCUT2D eigenvalue weighted by molar-refractivity contribution is 6.31. The van der Waals surface area contributed by atoms with Crippen LogP contribution in [0.15, 0.2) is 48.5 Å². The van der Waals surface area contributed by atoms with Gasteiger partial charge in [0.1, 0.15) is 0 Å². The zero-order valence-corrected chi connectivity index (χ0v) is 14.1. The van der Waals surface area contributed by atoms with E-state index in [0.717, 1.165) is 57.0 Å². The highest BCUT2D eigenvalue weighted by atomic mass is 35.5. The minimum Gasteiger partial charge on any atom is -0.368 e. The molecule has 4 nitrogen and oxygen atoms in total. The number of nitrogen functional groups attached to an aromatic ring is 1. The number of H-pyrrole nitrogens is 1. The van der Waals surface area contributed by atoms with E-state index >= 15 is 0 Å². The fourth-order valence-corrected chi connectivity index (χ4v) is 3.88. The van der Waals surface area contributed by atoms with Crippen LogP contribution >= 0.6 is 11.6 Å². The summed E-state index contributed by atoms with van der Waals surface area (Å²) in [6, 6.07) is 16.1. The molecule has 0 spiro atoms. The second kappa shape index (κ2) is 5.33. The molecule has 2 aromatic carbocycles. The molecule has 2 heterocycles. The number of nitrogens with two attached hydrogens (primary N) is 1. The highest BCUT2D eigenvalue weighted by Crippen LogP contribution is 2.40. The Bertz CT molecular complexity index is 1120. The molecule has 0 fully saturated rings. The first kappa shape index (κ1) is 14.5. The highest BCUT2D eigenvalue weighted by Gasteiger charge is 2.26. The maximum atomic E-state index is 6.19. The van der Waals surface area contributed by atoms with Crippen LogP contribution in [0, 0.1) is 0 Å². The fraction of sp³-hybridized carbons (Fsp3) is 0.100. The van der Waals surface area contributed by atoms with E-state index in [2.05, 4.69) is 27.1 Å². The summed E-state index contributed by atoms with van der Waals surface area (Å²) in [5.74, 6) is 0.294. The van der Waals surface area contributed by atoms with Gasteiger partial charge in [0.15, 0.2) is 0 Å². The third-order valence-electron chi connectivity index (χ3n) is 4.80. The van der Waals surface area contributed by atoms with Crippen LogP contribution in [0.3, 0.4) is 0 Å². The third kappa shape index (κ3) is 2.22. The molecule has 4 aromatic rings. The van der Waals surface area contributed by atoms with Gasteiger partial charge in [0.05, 0.1) is 17.1 Å². The molecule has 0 radical (unpaired) electrons. The van der Waals surface area contributed by atoms with Crippen LogP contribution in [0.2, 0.25) is 5.02 Å². The molecule has 0 amide bonds. The quantitative estimate of drug-likeness (QED) is 0.528. The molecule has 2 aromatic heterocycles. The molecule has 5 heteroatoms. The molecule has 3 N–H and O–H groups in total. The van der Waals surface area contributed by atoms with E-state index in [1.165, 1.54) is 5.56 Å². The monoisotopic (exact) mass is 346 g/mol. The third-order valence-corrected chi connectivity index (χ3v) is 5.04. The van der Waals surface area contributed by atoms with E-state index < -0.39 is 0 Å². The van der Waals surface area contributed by atoms with Gasteiger partial charge in [-0.2, -0.15) is 0 Å². The van der Waals surface area contributed by atoms with Crippen LogP contribution in [-0.2, 0) is 12.8 Å². The maximum absolute atomic E-state index is 6.19. The van der Waals surface area contributed by atoms with Crippen molar-refractivity contribution in [1.82, 2.24) is 15.0 Å². The normalized spacial score (nSPS) is 12.8. The molecule has 0 saturated carbocycles. The lowest BCUT2D eigenvalue weighted by atomic mass is 9.89. The summed E-state index contributed by atoms with van der Waals surface area (Å²) in [7, 11) is 0. The van der Waals surface area contributed by atoms with Crippen molar-refractivity contribution >= 4 is 28.5 Å². The molecule has 1 aliphatic carbocycles. The van der Waals surface area contributed by atoms with Crippen molar-refractivity contribution in [3.8, 4) is 22.6 Å². The van der Waals surface area contributed by atoms with E-state index in [1.807, 2.05) is 36.4 Å². The van der Waals surface area contributed by atoms with E-state index in [-0.39, 0.29) is 0 Å². The summed E-state index contributed by atoms with van der Waals surface area (Å²) >= 11 is 6.19. The van der Waals surface area contributed by atoms with E-state index in [1.54, 1.807) is 0 Å². The molecule has 0 aliphatic heterocycles. The lowest BCUT2D eigenvalue weighted by Crippen LogP contribution is -2.10. The Morgan fingerprint density at radius 3 is 2.52 bits per heavy atom. The zero-order valence-electron chi connectivity index (χ0n) is 13.4. The number of aryl methyl sites for hydroxylation is 1. The van der Waals surface area contributed by atoms with E-state index in [4.69, 9.17) is 17.3 Å². The van der Waals surface area contributed by atoms with Crippen molar-refractivity contribution in [2.75, 3.05) is 5.73 Å². The van der Waals surface area contributed by atoms with Crippen LogP contribution in [-0.4, -0.2) is 15.0 Å². The average Bonchev–Trinajstić information content (AvgIpc) is 3.00. The molecular formula is C20H15ClN4. The molecule has 0 atom stereocenters. The lowest BCUT2D eigenvalue weighted by molar-refractivity contribution is 0.921. The summed E-state index contributed by atoms with van der Waals surface area (Å²) in [5, 5.41) is 1.90. The Hall–Kier alpha value is -2.85. The smallest absolute Gasteiger partial charge is 0.221 e. The zero-order chi connectivity index (χ0) is 17.0. The predicted molar refractivity (Wildman–Crippen MR) is 102 cm³/mol. The number of rotatable bonds is 1. The summed E-state index contributed by atoms with van der Waals surface area (Å²) in [6.45, 7) is 0. The summed E-state index contributed by atoms with van der Waals surface area (Å²) in [4.78, 5) is 12.6.